The number of piperidine rings is 1. The van der Waals surface area contributed by atoms with Crippen molar-refractivity contribution in [3.63, 3.8) is 0 Å². The molecular formula is C9H14F3N3O2. The van der Waals surface area contributed by atoms with Crippen LogP contribution in [0.1, 0.15) is 19.3 Å². The smallest absolute Gasteiger partial charge is 0.391 e. The van der Waals surface area contributed by atoms with E-state index in [1.165, 1.54) is 4.90 Å². The predicted molar refractivity (Wildman–Crippen MR) is 53.4 cm³/mol. The van der Waals surface area contributed by atoms with Crippen LogP contribution in [-0.4, -0.2) is 41.1 Å². The SMILES string of the molecule is NC(CC(=O)N1CCC(C(F)(F)F)CC1)=NO. The molecule has 98 valence electrons. The number of oxime groups is 1. The van der Waals surface area contributed by atoms with E-state index in [0.717, 1.165) is 0 Å². The molecule has 0 aromatic carbocycles. The molecule has 1 aliphatic heterocycles. The van der Waals surface area contributed by atoms with Gasteiger partial charge in [-0.25, -0.2) is 0 Å². The van der Waals surface area contributed by atoms with E-state index in [2.05, 4.69) is 5.16 Å². The van der Waals surface area contributed by atoms with Crippen LogP contribution in [-0.2, 0) is 4.79 Å². The van der Waals surface area contributed by atoms with Crippen molar-refractivity contribution in [2.75, 3.05) is 13.1 Å². The van der Waals surface area contributed by atoms with Crippen LogP contribution in [0.5, 0.6) is 0 Å². The average molecular weight is 253 g/mol. The Morgan fingerprint density at radius 3 is 2.35 bits per heavy atom. The first-order valence-corrected chi connectivity index (χ1v) is 5.15. The lowest BCUT2D eigenvalue weighted by Gasteiger charge is -2.32. The highest BCUT2D eigenvalue weighted by molar-refractivity contribution is 5.98. The summed E-state index contributed by atoms with van der Waals surface area (Å²) in [6.07, 6.45) is -4.65. The highest BCUT2D eigenvalue weighted by atomic mass is 19.4. The lowest BCUT2D eigenvalue weighted by molar-refractivity contribution is -0.186. The first-order valence-electron chi connectivity index (χ1n) is 5.15. The number of likely N-dealkylation sites (tertiary alicyclic amines) is 1. The normalized spacial score (nSPS) is 19.5. The minimum absolute atomic E-state index is 0.0573. The summed E-state index contributed by atoms with van der Waals surface area (Å²) in [6, 6.07) is 0. The van der Waals surface area contributed by atoms with E-state index in [1.807, 2.05) is 0 Å². The van der Waals surface area contributed by atoms with Gasteiger partial charge in [0.25, 0.3) is 0 Å². The monoisotopic (exact) mass is 253 g/mol. The quantitative estimate of drug-likeness (QED) is 0.332. The van der Waals surface area contributed by atoms with Gasteiger partial charge in [-0.2, -0.15) is 13.2 Å². The molecule has 1 amide bonds. The van der Waals surface area contributed by atoms with Crippen LogP contribution in [0, 0.1) is 5.92 Å². The second-order valence-corrected chi connectivity index (χ2v) is 3.96. The van der Waals surface area contributed by atoms with Gasteiger partial charge in [-0.1, -0.05) is 5.16 Å². The summed E-state index contributed by atoms with van der Waals surface area (Å²) < 4.78 is 37.1. The standard InChI is InChI=1S/C9H14F3N3O2/c10-9(11,12)6-1-3-15(4-2-6)8(16)5-7(13)14-17/h6,17H,1-5H2,(H2,13,14). The van der Waals surface area contributed by atoms with Crippen molar-refractivity contribution < 1.29 is 23.2 Å². The van der Waals surface area contributed by atoms with Gasteiger partial charge < -0.3 is 15.8 Å². The summed E-state index contributed by atoms with van der Waals surface area (Å²) in [4.78, 5) is 12.8. The Bertz CT molecular complexity index is 309. The summed E-state index contributed by atoms with van der Waals surface area (Å²) in [7, 11) is 0. The van der Waals surface area contributed by atoms with Crippen LogP contribution >= 0.6 is 0 Å². The first kappa shape index (κ1) is 13.6. The molecule has 17 heavy (non-hydrogen) atoms. The Morgan fingerprint density at radius 1 is 1.41 bits per heavy atom. The van der Waals surface area contributed by atoms with Gasteiger partial charge in [0.2, 0.25) is 5.91 Å². The molecule has 0 saturated carbocycles. The van der Waals surface area contributed by atoms with Crippen molar-refractivity contribution in [3.05, 3.63) is 0 Å². The van der Waals surface area contributed by atoms with Crippen molar-refractivity contribution in [3.8, 4) is 0 Å². The number of amidine groups is 1. The number of carbonyl (C=O) groups is 1. The van der Waals surface area contributed by atoms with Crippen molar-refractivity contribution in [1.82, 2.24) is 4.90 Å². The van der Waals surface area contributed by atoms with Crippen LogP contribution in [0.2, 0.25) is 0 Å². The van der Waals surface area contributed by atoms with Gasteiger partial charge in [-0.15, -0.1) is 0 Å². The van der Waals surface area contributed by atoms with E-state index >= 15 is 0 Å². The molecule has 0 unspecified atom stereocenters. The van der Waals surface area contributed by atoms with Gasteiger partial charge in [0, 0.05) is 13.1 Å². The summed E-state index contributed by atoms with van der Waals surface area (Å²) in [5, 5.41) is 10.9. The van der Waals surface area contributed by atoms with Crippen molar-refractivity contribution >= 4 is 11.7 Å². The van der Waals surface area contributed by atoms with Crippen LogP contribution < -0.4 is 5.73 Å². The molecule has 3 N–H and O–H groups in total. The Kier molecular flexibility index (Phi) is 4.19. The number of hydrogen-bond donors (Lipinski definition) is 2. The van der Waals surface area contributed by atoms with E-state index in [-0.39, 0.29) is 38.2 Å². The predicted octanol–water partition coefficient (Wildman–Crippen LogP) is 0.924. The number of nitrogens with zero attached hydrogens (tertiary/aromatic N) is 2. The molecular weight excluding hydrogens is 239 g/mol. The lowest BCUT2D eigenvalue weighted by atomic mass is 9.96. The molecule has 0 atom stereocenters. The minimum Gasteiger partial charge on any atom is -0.409 e. The largest absolute Gasteiger partial charge is 0.409 e. The summed E-state index contributed by atoms with van der Waals surface area (Å²) >= 11 is 0. The maximum Gasteiger partial charge on any atom is 0.391 e. The summed E-state index contributed by atoms with van der Waals surface area (Å²) in [5.74, 6) is -2.00. The second kappa shape index (κ2) is 5.24. The molecule has 0 aliphatic carbocycles. The molecule has 1 fully saturated rings. The van der Waals surface area contributed by atoms with Crippen LogP contribution in [0.15, 0.2) is 5.16 Å². The third kappa shape index (κ3) is 3.79. The second-order valence-electron chi connectivity index (χ2n) is 3.96. The number of nitrogens with two attached hydrogens (primary N) is 1. The zero-order valence-electron chi connectivity index (χ0n) is 9.07. The molecule has 1 aliphatic rings. The van der Waals surface area contributed by atoms with Gasteiger partial charge in [-0.05, 0) is 12.8 Å². The molecule has 0 spiro atoms. The fourth-order valence-electron chi connectivity index (χ4n) is 1.76. The topological polar surface area (TPSA) is 78.9 Å². The number of amides is 1. The highest BCUT2D eigenvalue weighted by Gasteiger charge is 2.41. The Balaban J connectivity index is 2.44. The maximum atomic E-state index is 12.4. The molecule has 0 aromatic rings. The molecule has 1 rings (SSSR count). The van der Waals surface area contributed by atoms with Crippen LogP contribution in [0.25, 0.3) is 0 Å². The number of rotatable bonds is 2. The number of hydrogen-bond acceptors (Lipinski definition) is 3. The van der Waals surface area contributed by atoms with Gasteiger partial charge in [-0.3, -0.25) is 4.79 Å². The van der Waals surface area contributed by atoms with Crippen molar-refractivity contribution in [1.29, 1.82) is 0 Å². The van der Waals surface area contributed by atoms with Gasteiger partial charge >= 0.3 is 6.18 Å². The zero-order chi connectivity index (χ0) is 13.1. The van der Waals surface area contributed by atoms with Crippen molar-refractivity contribution in [2.24, 2.45) is 16.8 Å². The highest BCUT2D eigenvalue weighted by Crippen LogP contribution is 2.34. The number of carbonyl (C=O) groups excluding carboxylic acids is 1. The fraction of sp³-hybridized carbons (Fsp3) is 0.778. The third-order valence-electron chi connectivity index (χ3n) is 2.77. The Hall–Kier alpha value is -1.47. The van der Waals surface area contributed by atoms with E-state index in [4.69, 9.17) is 10.9 Å². The third-order valence-corrected chi connectivity index (χ3v) is 2.77. The Morgan fingerprint density at radius 2 is 1.94 bits per heavy atom. The molecule has 8 heteroatoms. The fourth-order valence-corrected chi connectivity index (χ4v) is 1.76. The molecule has 0 aromatic heterocycles. The van der Waals surface area contributed by atoms with E-state index in [0.29, 0.717) is 0 Å². The lowest BCUT2D eigenvalue weighted by Crippen LogP contribution is -2.43. The number of alkyl halides is 3. The molecule has 5 nitrogen and oxygen atoms in total. The van der Waals surface area contributed by atoms with Crippen LogP contribution in [0.3, 0.4) is 0 Å². The van der Waals surface area contributed by atoms with E-state index in [9.17, 15) is 18.0 Å². The molecule has 0 bridgehead atoms. The molecule has 1 heterocycles. The molecule has 1 saturated heterocycles. The van der Waals surface area contributed by atoms with E-state index < -0.39 is 18.0 Å². The Labute approximate surface area is 96.1 Å². The maximum absolute atomic E-state index is 12.4. The number of halogens is 3. The first-order chi connectivity index (χ1) is 7.84. The zero-order valence-corrected chi connectivity index (χ0v) is 9.07. The van der Waals surface area contributed by atoms with Gasteiger partial charge in [0.15, 0.2) is 0 Å². The van der Waals surface area contributed by atoms with Crippen molar-refractivity contribution in [2.45, 2.75) is 25.4 Å². The minimum atomic E-state index is -4.19. The summed E-state index contributed by atoms with van der Waals surface area (Å²) in [5.41, 5.74) is 5.15. The molecule has 0 radical (unpaired) electrons. The van der Waals surface area contributed by atoms with Crippen LogP contribution in [0.4, 0.5) is 13.2 Å². The summed E-state index contributed by atoms with van der Waals surface area (Å²) in [6.45, 7) is 0.115. The van der Waals surface area contributed by atoms with E-state index in [1.54, 1.807) is 0 Å². The van der Waals surface area contributed by atoms with Gasteiger partial charge in [0.1, 0.15) is 5.84 Å². The van der Waals surface area contributed by atoms with Gasteiger partial charge in [0.05, 0.1) is 12.3 Å². The average Bonchev–Trinajstić information content (AvgIpc) is 2.27.